The molecule has 1 amide bonds. The second-order valence-corrected chi connectivity index (χ2v) is 24.2. The molecule has 0 aliphatic carbocycles. The van der Waals surface area contributed by atoms with E-state index in [1.54, 1.807) is 6.08 Å². The lowest BCUT2D eigenvalue weighted by molar-refractivity contribution is -0.870. The maximum absolute atomic E-state index is 13.0. The van der Waals surface area contributed by atoms with Gasteiger partial charge in [-0.1, -0.05) is 274 Å². The zero-order chi connectivity index (χ0) is 53.5. The number of carbonyl (C=O) groups excluding carboxylic acids is 1. The molecule has 0 radical (unpaired) electrons. The van der Waals surface area contributed by atoms with Crippen molar-refractivity contribution in [2.75, 3.05) is 40.9 Å². The van der Waals surface area contributed by atoms with E-state index in [-0.39, 0.29) is 12.5 Å². The summed E-state index contributed by atoms with van der Waals surface area (Å²) in [6.07, 6.45) is 73.5. The van der Waals surface area contributed by atoms with E-state index in [1.165, 1.54) is 238 Å². The Labute approximate surface area is 454 Å². The second kappa shape index (κ2) is 55.2. The molecule has 0 aromatic carbocycles. The van der Waals surface area contributed by atoms with E-state index >= 15 is 0 Å². The number of amides is 1. The Morgan fingerprint density at radius 3 is 1.11 bits per heavy atom. The van der Waals surface area contributed by atoms with Gasteiger partial charge < -0.3 is 28.8 Å². The lowest BCUT2D eigenvalue weighted by Crippen LogP contribution is -2.45. The van der Waals surface area contributed by atoms with Crippen LogP contribution in [0.2, 0.25) is 0 Å². The molecule has 73 heavy (non-hydrogen) atoms. The first kappa shape index (κ1) is 71.5. The predicted octanol–water partition coefficient (Wildman–Crippen LogP) is 18.9. The molecule has 0 aromatic heterocycles. The Balaban J connectivity index is 4.20. The standard InChI is InChI=1S/C64H123N2O6P/c1-6-8-10-12-14-16-18-20-22-24-26-28-30-32-33-34-36-38-40-42-44-46-48-50-52-54-56-58-64(68)65-62(61-72-73(69,70)71-60-59-66(3,4)5)63(67)57-55-53-51-49-47-45-43-41-39-37-35-31-29-27-25-23-21-19-17-15-13-11-9-7-2/h24,26,39,41,47,49,55,57,62-63,67H,6-23,25,27-38,40,42-46,48,50-54,56,58-61H2,1-5H3,(H-,65,68,69,70)/b26-24-,41-39+,49-47+,57-55+. The summed E-state index contributed by atoms with van der Waals surface area (Å²) >= 11 is 0. The van der Waals surface area contributed by atoms with Crippen LogP contribution in [0.1, 0.15) is 303 Å². The third-order valence-corrected chi connectivity index (χ3v) is 15.2. The quantitative estimate of drug-likeness (QED) is 0.0272. The number of nitrogens with one attached hydrogen (secondary N) is 1. The number of hydrogen-bond acceptors (Lipinski definition) is 6. The lowest BCUT2D eigenvalue weighted by atomic mass is 10.0. The summed E-state index contributed by atoms with van der Waals surface area (Å²) in [6.45, 7) is 4.66. The molecule has 3 atom stereocenters. The number of rotatable bonds is 58. The van der Waals surface area contributed by atoms with Crippen LogP contribution in [0.5, 0.6) is 0 Å². The number of phosphoric ester groups is 1. The molecular formula is C64H123N2O6P. The van der Waals surface area contributed by atoms with Crippen LogP contribution in [-0.2, 0) is 18.4 Å². The minimum absolute atomic E-state index is 0.00863. The SMILES string of the molecule is CCCCCCCCCC/C=C\CCCCCCCCCCCCCCCCCC(=O)NC(COP(=O)([O-])OCC[N+](C)(C)C)C(O)/C=C/CC/C=C/CC/C=C/CCCCCCCCCCCCCCCC. The van der Waals surface area contributed by atoms with E-state index < -0.39 is 26.6 Å². The van der Waals surface area contributed by atoms with E-state index in [4.69, 9.17) is 9.05 Å². The molecule has 3 unspecified atom stereocenters. The summed E-state index contributed by atoms with van der Waals surface area (Å²) in [7, 11) is 1.24. The molecule has 9 heteroatoms. The van der Waals surface area contributed by atoms with E-state index in [0.29, 0.717) is 17.4 Å². The molecule has 0 aromatic rings. The van der Waals surface area contributed by atoms with Gasteiger partial charge in [0.1, 0.15) is 13.2 Å². The van der Waals surface area contributed by atoms with Crippen molar-refractivity contribution in [3.05, 3.63) is 48.6 Å². The number of aliphatic hydroxyl groups excluding tert-OH is 1. The first-order chi connectivity index (χ1) is 35.5. The number of likely N-dealkylation sites (N-methyl/N-ethyl adjacent to an activating group) is 1. The highest BCUT2D eigenvalue weighted by molar-refractivity contribution is 7.45. The highest BCUT2D eigenvalue weighted by Crippen LogP contribution is 2.38. The van der Waals surface area contributed by atoms with Crippen molar-refractivity contribution in [1.82, 2.24) is 5.32 Å². The fourth-order valence-electron chi connectivity index (χ4n) is 9.30. The molecular weight excluding hydrogens is 924 g/mol. The minimum atomic E-state index is -4.61. The first-order valence-corrected chi connectivity index (χ1v) is 33.0. The molecule has 0 saturated carbocycles. The summed E-state index contributed by atoms with van der Waals surface area (Å²) in [5.41, 5.74) is 0. The van der Waals surface area contributed by atoms with Crippen molar-refractivity contribution < 1.29 is 32.9 Å². The summed E-state index contributed by atoms with van der Waals surface area (Å²) < 4.78 is 23.4. The van der Waals surface area contributed by atoms with Gasteiger partial charge >= 0.3 is 0 Å². The number of quaternary nitrogens is 1. The summed E-state index contributed by atoms with van der Waals surface area (Å²) in [6, 6.07) is -0.911. The van der Waals surface area contributed by atoms with Gasteiger partial charge in [-0.2, -0.15) is 0 Å². The molecule has 430 valence electrons. The Bertz CT molecular complexity index is 1330. The fraction of sp³-hybridized carbons (Fsp3) is 0.859. The van der Waals surface area contributed by atoms with Gasteiger partial charge in [-0.15, -0.1) is 0 Å². The van der Waals surface area contributed by atoms with Crippen molar-refractivity contribution >= 4 is 13.7 Å². The largest absolute Gasteiger partial charge is 0.756 e. The van der Waals surface area contributed by atoms with Gasteiger partial charge in [0.05, 0.1) is 39.9 Å². The van der Waals surface area contributed by atoms with Crippen LogP contribution in [0.15, 0.2) is 48.6 Å². The third-order valence-electron chi connectivity index (χ3n) is 14.2. The van der Waals surface area contributed by atoms with Crippen molar-refractivity contribution in [2.24, 2.45) is 0 Å². The van der Waals surface area contributed by atoms with Gasteiger partial charge in [0.2, 0.25) is 5.91 Å². The Morgan fingerprint density at radius 2 is 0.767 bits per heavy atom. The van der Waals surface area contributed by atoms with E-state index in [1.807, 2.05) is 27.2 Å². The molecule has 0 aliphatic heterocycles. The molecule has 2 N–H and O–H groups in total. The number of aliphatic hydroxyl groups is 1. The Kier molecular flexibility index (Phi) is 54.1. The average molecular weight is 1050 g/mol. The molecule has 0 saturated heterocycles. The maximum Gasteiger partial charge on any atom is 0.268 e. The zero-order valence-electron chi connectivity index (χ0n) is 49.1. The van der Waals surface area contributed by atoms with Crippen molar-refractivity contribution in [2.45, 2.75) is 315 Å². The summed E-state index contributed by atoms with van der Waals surface area (Å²) in [5.74, 6) is -0.207. The number of allylic oxidation sites excluding steroid dienone is 7. The zero-order valence-corrected chi connectivity index (χ0v) is 50.0. The van der Waals surface area contributed by atoms with Gasteiger partial charge in [-0.3, -0.25) is 9.36 Å². The van der Waals surface area contributed by atoms with Crippen LogP contribution in [0.4, 0.5) is 0 Å². The fourth-order valence-corrected chi connectivity index (χ4v) is 10.0. The number of unbranched alkanes of at least 4 members (excludes halogenated alkanes) is 39. The highest BCUT2D eigenvalue weighted by atomic mass is 31.2. The average Bonchev–Trinajstić information content (AvgIpc) is 3.35. The van der Waals surface area contributed by atoms with Crippen LogP contribution in [0, 0.1) is 0 Å². The topological polar surface area (TPSA) is 108 Å². The molecule has 0 bridgehead atoms. The number of carbonyl (C=O) groups is 1. The number of phosphoric acid groups is 1. The van der Waals surface area contributed by atoms with Crippen LogP contribution < -0.4 is 10.2 Å². The highest BCUT2D eigenvalue weighted by Gasteiger charge is 2.23. The van der Waals surface area contributed by atoms with Gasteiger partial charge in [-0.25, -0.2) is 0 Å². The lowest BCUT2D eigenvalue weighted by Gasteiger charge is -2.29. The second-order valence-electron chi connectivity index (χ2n) is 22.7. The molecule has 0 spiro atoms. The van der Waals surface area contributed by atoms with Crippen LogP contribution in [-0.4, -0.2) is 68.5 Å². The third kappa shape index (κ3) is 58.0. The molecule has 8 nitrogen and oxygen atoms in total. The summed E-state index contributed by atoms with van der Waals surface area (Å²) in [5, 5.41) is 13.9. The molecule has 0 heterocycles. The Hall–Kier alpha value is -1.54. The molecule has 0 rings (SSSR count). The normalized spacial score (nSPS) is 14.1. The van der Waals surface area contributed by atoms with Gasteiger partial charge in [0.25, 0.3) is 7.82 Å². The number of hydrogen-bond donors (Lipinski definition) is 2. The van der Waals surface area contributed by atoms with Crippen molar-refractivity contribution in [3.8, 4) is 0 Å². The predicted molar refractivity (Wildman–Crippen MR) is 316 cm³/mol. The van der Waals surface area contributed by atoms with Crippen molar-refractivity contribution in [3.63, 3.8) is 0 Å². The minimum Gasteiger partial charge on any atom is -0.756 e. The van der Waals surface area contributed by atoms with Gasteiger partial charge in [0, 0.05) is 6.42 Å². The van der Waals surface area contributed by atoms with E-state index in [2.05, 4.69) is 55.6 Å². The maximum atomic E-state index is 13.0. The number of nitrogens with zero attached hydrogens (tertiary/aromatic N) is 1. The molecule has 0 fully saturated rings. The van der Waals surface area contributed by atoms with E-state index in [0.717, 1.165) is 44.9 Å². The summed E-state index contributed by atoms with van der Waals surface area (Å²) in [4.78, 5) is 25.5. The van der Waals surface area contributed by atoms with Crippen LogP contribution in [0.3, 0.4) is 0 Å². The van der Waals surface area contributed by atoms with Gasteiger partial charge in [-0.05, 0) is 70.6 Å². The van der Waals surface area contributed by atoms with Gasteiger partial charge in [0.15, 0.2) is 0 Å². The first-order valence-electron chi connectivity index (χ1n) is 31.5. The van der Waals surface area contributed by atoms with Crippen LogP contribution in [0.25, 0.3) is 0 Å². The molecule has 0 aliphatic rings. The smallest absolute Gasteiger partial charge is 0.268 e. The van der Waals surface area contributed by atoms with E-state index in [9.17, 15) is 19.4 Å². The van der Waals surface area contributed by atoms with Crippen LogP contribution >= 0.6 is 7.82 Å². The monoisotopic (exact) mass is 1050 g/mol. The Morgan fingerprint density at radius 1 is 0.466 bits per heavy atom. The van der Waals surface area contributed by atoms with Crippen molar-refractivity contribution in [1.29, 1.82) is 0 Å².